The van der Waals surface area contributed by atoms with Crippen molar-refractivity contribution in [2.45, 2.75) is 42.2 Å². The van der Waals surface area contributed by atoms with Gasteiger partial charge in [-0.05, 0) is 49.8 Å². The van der Waals surface area contributed by atoms with Crippen molar-refractivity contribution in [2.75, 3.05) is 12.8 Å². The fraction of sp³-hybridized carbons (Fsp3) is 0.571. The molecule has 1 aromatic carbocycles. The van der Waals surface area contributed by atoms with E-state index >= 15 is 0 Å². The third-order valence-corrected chi connectivity index (χ3v) is 7.68. The van der Waals surface area contributed by atoms with Crippen molar-refractivity contribution in [1.29, 1.82) is 0 Å². The van der Waals surface area contributed by atoms with Gasteiger partial charge >= 0.3 is 0 Å². The van der Waals surface area contributed by atoms with Gasteiger partial charge in [-0.1, -0.05) is 28.8 Å². The maximum atomic E-state index is 12.4. The van der Waals surface area contributed by atoms with Crippen LogP contribution < -0.4 is 4.72 Å². The minimum absolute atomic E-state index is 0.0808. The molecule has 1 saturated carbocycles. The van der Waals surface area contributed by atoms with Gasteiger partial charge in [0.2, 0.25) is 10.0 Å². The molecule has 0 radical (unpaired) electrons. The molecule has 0 unspecified atom stereocenters. The lowest BCUT2D eigenvalue weighted by atomic mass is 10.1. The summed E-state index contributed by atoms with van der Waals surface area (Å²) in [6, 6.07) is 5.12. The summed E-state index contributed by atoms with van der Waals surface area (Å²) in [5, 5.41) is 0. The molecule has 1 fully saturated rings. The largest absolute Gasteiger partial charge is 0.240 e. The van der Waals surface area contributed by atoms with Crippen molar-refractivity contribution < 1.29 is 8.42 Å². The van der Waals surface area contributed by atoms with E-state index in [1.165, 1.54) is 12.8 Å². The van der Waals surface area contributed by atoms with Gasteiger partial charge in [0.1, 0.15) is 0 Å². The summed E-state index contributed by atoms with van der Waals surface area (Å²) in [5.74, 6) is 0. The molecule has 0 bridgehead atoms. The summed E-state index contributed by atoms with van der Waals surface area (Å²) in [7, 11) is -3.42. The number of benzene rings is 1. The lowest BCUT2D eigenvalue weighted by molar-refractivity contribution is 0.551. The molecule has 0 atom stereocenters. The van der Waals surface area contributed by atoms with Crippen LogP contribution in [-0.2, 0) is 10.0 Å². The normalized spacial score (nSPS) is 18.4. The van der Waals surface area contributed by atoms with Gasteiger partial charge in [0.25, 0.3) is 0 Å². The van der Waals surface area contributed by atoms with Gasteiger partial charge in [-0.15, -0.1) is 0 Å². The van der Waals surface area contributed by atoms with Crippen molar-refractivity contribution in [2.24, 2.45) is 0 Å². The molecule has 0 aliphatic heterocycles. The van der Waals surface area contributed by atoms with Crippen molar-refractivity contribution in [3.63, 3.8) is 0 Å². The molecule has 0 heterocycles. The lowest BCUT2D eigenvalue weighted by Gasteiger charge is -2.26. The molecule has 112 valence electrons. The second-order valence-electron chi connectivity index (χ2n) is 5.33. The van der Waals surface area contributed by atoms with Crippen molar-refractivity contribution >= 4 is 37.7 Å². The number of halogens is 1. The van der Waals surface area contributed by atoms with Crippen LogP contribution in [0.25, 0.3) is 0 Å². The average Bonchev–Trinajstić information content (AvgIpc) is 2.89. The highest BCUT2D eigenvalue weighted by atomic mass is 79.9. The standard InChI is InChI=1S/C14H20BrNO2S2/c1-11-9-12(5-6-13(11)15)20(17,18)16-10-14(19-2)7-3-4-8-14/h5-6,9,16H,3-4,7-8,10H2,1-2H3. The van der Waals surface area contributed by atoms with E-state index < -0.39 is 10.0 Å². The van der Waals surface area contributed by atoms with Crippen LogP contribution in [0, 0.1) is 6.92 Å². The molecule has 3 nitrogen and oxygen atoms in total. The first-order valence-electron chi connectivity index (χ1n) is 6.70. The third-order valence-electron chi connectivity index (χ3n) is 3.97. The van der Waals surface area contributed by atoms with Crippen LogP contribution in [0.3, 0.4) is 0 Å². The molecule has 0 amide bonds. The van der Waals surface area contributed by atoms with Gasteiger partial charge in [0, 0.05) is 15.8 Å². The zero-order valence-electron chi connectivity index (χ0n) is 11.8. The van der Waals surface area contributed by atoms with Crippen molar-refractivity contribution in [3.05, 3.63) is 28.2 Å². The molecule has 0 spiro atoms. The van der Waals surface area contributed by atoms with Gasteiger partial charge < -0.3 is 0 Å². The molecular weight excluding hydrogens is 358 g/mol. The maximum Gasteiger partial charge on any atom is 0.240 e. The average molecular weight is 378 g/mol. The molecule has 0 aromatic heterocycles. The summed E-state index contributed by atoms with van der Waals surface area (Å²) in [6.45, 7) is 2.41. The summed E-state index contributed by atoms with van der Waals surface area (Å²) in [6.07, 6.45) is 6.65. The Morgan fingerprint density at radius 2 is 2.00 bits per heavy atom. The Bertz CT molecular complexity index is 581. The Kier molecular flexibility index (Phi) is 5.21. The molecule has 1 aliphatic rings. The minimum Gasteiger partial charge on any atom is -0.210 e. The molecule has 0 saturated heterocycles. The van der Waals surface area contributed by atoms with Crippen LogP contribution in [0.2, 0.25) is 0 Å². The van der Waals surface area contributed by atoms with E-state index in [2.05, 4.69) is 26.9 Å². The zero-order valence-corrected chi connectivity index (χ0v) is 15.0. The number of rotatable bonds is 5. The quantitative estimate of drug-likeness (QED) is 0.850. The van der Waals surface area contributed by atoms with Gasteiger partial charge in [-0.2, -0.15) is 11.8 Å². The fourth-order valence-corrected chi connectivity index (χ4v) is 5.03. The number of nitrogens with one attached hydrogen (secondary N) is 1. The first kappa shape index (κ1) is 16.3. The number of thioether (sulfide) groups is 1. The van der Waals surface area contributed by atoms with E-state index in [1.807, 2.05) is 6.92 Å². The molecule has 6 heteroatoms. The van der Waals surface area contributed by atoms with Crippen LogP contribution in [0.1, 0.15) is 31.2 Å². The Hall–Kier alpha value is -0.0400. The van der Waals surface area contributed by atoms with Gasteiger partial charge in [-0.25, -0.2) is 13.1 Å². The fourth-order valence-electron chi connectivity index (χ4n) is 2.57. The van der Waals surface area contributed by atoms with E-state index in [0.717, 1.165) is 22.9 Å². The SMILES string of the molecule is CSC1(CNS(=O)(=O)c2ccc(Br)c(C)c2)CCCC1. The first-order valence-corrected chi connectivity index (χ1v) is 10.2. The number of hydrogen-bond donors (Lipinski definition) is 1. The van der Waals surface area contributed by atoms with E-state index in [0.29, 0.717) is 11.4 Å². The van der Waals surface area contributed by atoms with Crippen LogP contribution in [0.4, 0.5) is 0 Å². The smallest absolute Gasteiger partial charge is 0.210 e. The molecular formula is C14H20BrNO2S2. The van der Waals surface area contributed by atoms with E-state index in [1.54, 1.807) is 30.0 Å². The molecule has 1 aliphatic carbocycles. The Morgan fingerprint density at radius 3 is 2.55 bits per heavy atom. The van der Waals surface area contributed by atoms with Gasteiger partial charge in [0.15, 0.2) is 0 Å². The van der Waals surface area contributed by atoms with Crippen LogP contribution in [0.15, 0.2) is 27.6 Å². The number of aryl methyl sites for hydroxylation is 1. The predicted octanol–water partition coefficient (Wildman–Crippen LogP) is 3.71. The lowest BCUT2D eigenvalue weighted by Crippen LogP contribution is -2.38. The highest BCUT2D eigenvalue weighted by Gasteiger charge is 2.34. The molecule has 2 rings (SSSR count). The molecule has 20 heavy (non-hydrogen) atoms. The summed E-state index contributed by atoms with van der Waals surface area (Å²) in [5.41, 5.74) is 0.924. The molecule has 1 N–H and O–H groups in total. The summed E-state index contributed by atoms with van der Waals surface area (Å²) >= 11 is 5.18. The Labute approximate surface area is 134 Å². The number of hydrogen-bond acceptors (Lipinski definition) is 3. The topological polar surface area (TPSA) is 46.2 Å². The second-order valence-corrected chi connectivity index (χ2v) is 9.23. The summed E-state index contributed by atoms with van der Waals surface area (Å²) in [4.78, 5) is 0.340. The minimum atomic E-state index is -3.42. The van der Waals surface area contributed by atoms with E-state index in [-0.39, 0.29) is 4.75 Å². The Morgan fingerprint density at radius 1 is 1.35 bits per heavy atom. The van der Waals surface area contributed by atoms with Crippen LogP contribution >= 0.6 is 27.7 Å². The Balaban J connectivity index is 2.13. The van der Waals surface area contributed by atoms with Crippen LogP contribution in [0.5, 0.6) is 0 Å². The van der Waals surface area contributed by atoms with Crippen molar-refractivity contribution in [3.8, 4) is 0 Å². The first-order chi connectivity index (χ1) is 9.38. The zero-order chi connectivity index (χ0) is 14.8. The third kappa shape index (κ3) is 3.59. The van der Waals surface area contributed by atoms with Crippen molar-refractivity contribution in [1.82, 2.24) is 4.72 Å². The van der Waals surface area contributed by atoms with Gasteiger partial charge in [0.05, 0.1) is 4.90 Å². The van der Waals surface area contributed by atoms with Crippen LogP contribution in [-0.4, -0.2) is 26.0 Å². The second kappa shape index (κ2) is 6.38. The number of sulfonamides is 1. The van der Waals surface area contributed by atoms with Gasteiger partial charge in [-0.3, -0.25) is 0 Å². The monoisotopic (exact) mass is 377 g/mol. The van der Waals surface area contributed by atoms with E-state index in [9.17, 15) is 8.42 Å². The van der Waals surface area contributed by atoms with E-state index in [4.69, 9.17) is 0 Å². The molecule has 1 aromatic rings. The maximum absolute atomic E-state index is 12.4. The predicted molar refractivity (Wildman–Crippen MR) is 88.8 cm³/mol. The highest BCUT2D eigenvalue weighted by Crippen LogP contribution is 2.39. The summed E-state index contributed by atoms with van der Waals surface area (Å²) < 4.78 is 28.5. The highest BCUT2D eigenvalue weighted by molar-refractivity contribution is 9.10.